The number of carbonyl (C=O) groups is 1. The van der Waals surface area contributed by atoms with E-state index in [9.17, 15) is 4.79 Å². The molecule has 1 amide bonds. The van der Waals surface area contributed by atoms with Crippen molar-refractivity contribution in [3.63, 3.8) is 0 Å². The third kappa shape index (κ3) is 5.51. The molecule has 124 valence electrons. The molecule has 0 fully saturated rings. The zero-order valence-corrected chi connectivity index (χ0v) is 15.3. The molecule has 1 aromatic heterocycles. The second kappa shape index (κ2) is 8.88. The van der Waals surface area contributed by atoms with E-state index in [4.69, 9.17) is 0 Å². The van der Waals surface area contributed by atoms with E-state index in [1.54, 1.807) is 0 Å². The summed E-state index contributed by atoms with van der Waals surface area (Å²) in [7, 11) is 0. The molecule has 0 radical (unpaired) electrons. The smallest absolute Gasteiger partial charge is 0.237 e. The summed E-state index contributed by atoms with van der Waals surface area (Å²) in [4.78, 5) is 12.3. The van der Waals surface area contributed by atoms with Crippen LogP contribution < -0.4 is 10.6 Å². The third-order valence-electron chi connectivity index (χ3n) is 3.21. The van der Waals surface area contributed by atoms with Crippen LogP contribution in [0.15, 0.2) is 28.6 Å². The molecule has 1 atom stereocenters. The molecule has 5 nitrogen and oxygen atoms in total. The quantitative estimate of drug-likeness (QED) is 0.703. The van der Waals surface area contributed by atoms with Gasteiger partial charge >= 0.3 is 0 Å². The first-order chi connectivity index (χ1) is 11.1. The van der Waals surface area contributed by atoms with Crippen molar-refractivity contribution in [2.75, 3.05) is 17.2 Å². The first-order valence-electron chi connectivity index (χ1n) is 7.76. The number of hydrogen-bond acceptors (Lipinski definition) is 6. The highest BCUT2D eigenvalue weighted by atomic mass is 32.2. The summed E-state index contributed by atoms with van der Waals surface area (Å²) in [6.45, 7) is 6.96. The molecule has 23 heavy (non-hydrogen) atoms. The summed E-state index contributed by atoms with van der Waals surface area (Å²) in [5.74, 6) is -0.0301. The average molecular weight is 351 g/mol. The SMILES string of the molecule is CCCNc1nnc(S[C@H](C)C(=O)Nc2ccc(CC)cc2)s1. The fraction of sp³-hybridized carbons (Fsp3) is 0.438. The molecule has 2 aromatic rings. The van der Waals surface area contributed by atoms with Crippen LogP contribution in [0.4, 0.5) is 10.8 Å². The Morgan fingerprint density at radius 2 is 2.00 bits per heavy atom. The highest BCUT2D eigenvalue weighted by molar-refractivity contribution is 8.02. The number of thioether (sulfide) groups is 1. The van der Waals surface area contributed by atoms with Crippen LogP contribution in [0, 0.1) is 0 Å². The lowest BCUT2D eigenvalue weighted by molar-refractivity contribution is -0.115. The molecule has 2 rings (SSSR count). The summed E-state index contributed by atoms with van der Waals surface area (Å²) in [5, 5.41) is 14.9. The summed E-state index contributed by atoms with van der Waals surface area (Å²) < 4.78 is 0.799. The Balaban J connectivity index is 1.87. The molecule has 1 heterocycles. The highest BCUT2D eigenvalue weighted by Gasteiger charge is 2.17. The Bertz CT molecular complexity index is 627. The predicted molar refractivity (Wildman–Crippen MR) is 98.5 cm³/mol. The van der Waals surface area contributed by atoms with Crippen molar-refractivity contribution in [2.45, 2.75) is 43.2 Å². The Morgan fingerprint density at radius 1 is 1.26 bits per heavy atom. The zero-order valence-electron chi connectivity index (χ0n) is 13.6. The summed E-state index contributed by atoms with van der Waals surface area (Å²) >= 11 is 2.91. The average Bonchev–Trinajstić information content (AvgIpc) is 3.01. The number of benzene rings is 1. The van der Waals surface area contributed by atoms with Gasteiger partial charge in [0.1, 0.15) is 0 Å². The monoisotopic (exact) mass is 350 g/mol. The van der Waals surface area contributed by atoms with Gasteiger partial charge in [-0.25, -0.2) is 0 Å². The number of anilines is 2. The maximum Gasteiger partial charge on any atom is 0.237 e. The molecule has 0 aliphatic carbocycles. The summed E-state index contributed by atoms with van der Waals surface area (Å²) in [6, 6.07) is 7.94. The summed E-state index contributed by atoms with van der Waals surface area (Å²) in [6.07, 6.45) is 2.03. The van der Waals surface area contributed by atoms with Gasteiger partial charge in [-0.1, -0.05) is 49.1 Å². The van der Waals surface area contributed by atoms with Crippen LogP contribution >= 0.6 is 23.1 Å². The standard InChI is InChI=1S/C16H22N4OS2/c1-4-10-17-15-19-20-16(23-15)22-11(3)14(21)18-13-8-6-12(5-2)7-9-13/h6-9,11H,4-5,10H2,1-3H3,(H,17,19)(H,18,21)/t11-/m1/s1. The lowest BCUT2D eigenvalue weighted by Crippen LogP contribution is -2.22. The molecule has 2 N–H and O–H groups in total. The third-order valence-corrected chi connectivity index (χ3v) is 5.27. The van der Waals surface area contributed by atoms with Gasteiger partial charge in [0.05, 0.1) is 5.25 Å². The van der Waals surface area contributed by atoms with Gasteiger partial charge in [-0.3, -0.25) is 4.79 Å². The van der Waals surface area contributed by atoms with Gasteiger partial charge in [0.25, 0.3) is 0 Å². The van der Waals surface area contributed by atoms with Crippen LogP contribution in [0.3, 0.4) is 0 Å². The first kappa shape index (κ1) is 17.7. The molecule has 0 unspecified atom stereocenters. The second-order valence-electron chi connectivity index (χ2n) is 5.10. The maximum absolute atomic E-state index is 12.3. The fourth-order valence-electron chi connectivity index (χ4n) is 1.83. The van der Waals surface area contributed by atoms with Gasteiger partial charge in [-0.05, 0) is 37.5 Å². The van der Waals surface area contributed by atoms with E-state index in [0.29, 0.717) is 0 Å². The van der Waals surface area contributed by atoms with Crippen molar-refractivity contribution in [3.05, 3.63) is 29.8 Å². The van der Waals surface area contributed by atoms with Crippen LogP contribution in [0.2, 0.25) is 0 Å². The van der Waals surface area contributed by atoms with Gasteiger partial charge in [0.2, 0.25) is 11.0 Å². The minimum absolute atomic E-state index is 0.0301. The maximum atomic E-state index is 12.3. The highest BCUT2D eigenvalue weighted by Crippen LogP contribution is 2.29. The molecular weight excluding hydrogens is 328 g/mol. The number of rotatable bonds is 8. The molecule has 0 bridgehead atoms. The van der Waals surface area contributed by atoms with Crippen LogP contribution in [0.25, 0.3) is 0 Å². The van der Waals surface area contributed by atoms with E-state index in [1.807, 2.05) is 31.2 Å². The summed E-state index contributed by atoms with van der Waals surface area (Å²) in [5.41, 5.74) is 2.08. The van der Waals surface area contributed by atoms with Crippen molar-refractivity contribution in [2.24, 2.45) is 0 Å². The molecular formula is C16H22N4OS2. The lowest BCUT2D eigenvalue weighted by atomic mass is 10.1. The van der Waals surface area contributed by atoms with Crippen molar-refractivity contribution in [3.8, 4) is 0 Å². The van der Waals surface area contributed by atoms with Gasteiger partial charge in [-0.2, -0.15) is 0 Å². The molecule has 1 aromatic carbocycles. The Morgan fingerprint density at radius 3 is 2.65 bits per heavy atom. The zero-order chi connectivity index (χ0) is 16.7. The van der Waals surface area contributed by atoms with Crippen molar-refractivity contribution < 1.29 is 4.79 Å². The van der Waals surface area contributed by atoms with E-state index in [-0.39, 0.29) is 11.2 Å². The minimum Gasteiger partial charge on any atom is -0.360 e. The predicted octanol–water partition coefficient (Wildman–Crippen LogP) is 4.04. The van der Waals surface area contributed by atoms with Crippen LogP contribution in [-0.2, 0) is 11.2 Å². The number of hydrogen-bond donors (Lipinski definition) is 2. The largest absolute Gasteiger partial charge is 0.360 e. The van der Waals surface area contributed by atoms with Crippen molar-refractivity contribution >= 4 is 39.8 Å². The topological polar surface area (TPSA) is 66.9 Å². The number of aryl methyl sites for hydroxylation is 1. The van der Waals surface area contributed by atoms with Gasteiger partial charge in [0.15, 0.2) is 4.34 Å². The molecule has 0 aliphatic heterocycles. The van der Waals surface area contributed by atoms with E-state index in [2.05, 4.69) is 34.7 Å². The Labute approximate surface area is 145 Å². The second-order valence-corrected chi connectivity index (χ2v) is 7.67. The van der Waals surface area contributed by atoms with Crippen molar-refractivity contribution in [1.29, 1.82) is 0 Å². The number of nitrogens with one attached hydrogen (secondary N) is 2. The molecule has 0 aliphatic rings. The molecule has 0 saturated carbocycles. The molecule has 0 spiro atoms. The number of nitrogens with zero attached hydrogens (tertiary/aromatic N) is 2. The lowest BCUT2D eigenvalue weighted by Gasteiger charge is -2.10. The van der Waals surface area contributed by atoms with Crippen LogP contribution in [-0.4, -0.2) is 27.9 Å². The molecule has 7 heteroatoms. The molecule has 0 saturated heterocycles. The number of aromatic nitrogens is 2. The van der Waals surface area contributed by atoms with E-state index < -0.39 is 0 Å². The number of amides is 1. The van der Waals surface area contributed by atoms with Gasteiger partial charge < -0.3 is 10.6 Å². The minimum atomic E-state index is -0.229. The first-order valence-corrected chi connectivity index (χ1v) is 9.45. The van der Waals surface area contributed by atoms with Crippen LogP contribution in [0.1, 0.15) is 32.8 Å². The van der Waals surface area contributed by atoms with E-state index in [1.165, 1.54) is 28.7 Å². The van der Waals surface area contributed by atoms with Gasteiger partial charge in [-0.15, -0.1) is 10.2 Å². The van der Waals surface area contributed by atoms with Gasteiger partial charge in [0, 0.05) is 12.2 Å². The van der Waals surface area contributed by atoms with Crippen LogP contribution in [0.5, 0.6) is 0 Å². The Kier molecular flexibility index (Phi) is 6.85. The van der Waals surface area contributed by atoms with E-state index in [0.717, 1.165) is 34.5 Å². The Hall–Kier alpha value is -1.60. The fourth-order valence-corrected chi connectivity index (χ4v) is 3.75. The van der Waals surface area contributed by atoms with E-state index >= 15 is 0 Å². The number of carbonyl (C=O) groups excluding carboxylic acids is 1. The van der Waals surface area contributed by atoms with Crippen molar-refractivity contribution in [1.82, 2.24) is 10.2 Å². The normalized spacial score (nSPS) is 12.0.